The Bertz CT molecular complexity index is 1490. The van der Waals surface area contributed by atoms with E-state index >= 15 is 0 Å². The lowest BCUT2D eigenvalue weighted by molar-refractivity contribution is 0.0429. The lowest BCUT2D eigenvalue weighted by Gasteiger charge is -2.41. The molecule has 0 radical (unpaired) electrons. The van der Waals surface area contributed by atoms with E-state index < -0.39 is 11.6 Å². The number of fused-ring (bicyclic) bond motifs is 1. The summed E-state index contributed by atoms with van der Waals surface area (Å²) in [5.41, 5.74) is 13.5. The van der Waals surface area contributed by atoms with Crippen molar-refractivity contribution in [1.82, 2.24) is 24.9 Å². The maximum atomic E-state index is 12.8. The van der Waals surface area contributed by atoms with Crippen molar-refractivity contribution in [2.75, 3.05) is 30.8 Å². The second-order valence-electron chi connectivity index (χ2n) is 8.90. The SMILES string of the molecule is COC(=O)c1nc(Sc2ccnc(-c3ncco3)n2)c(N)nc1N1CCC2(CC1)Oc1ccccc1[C@H]2N. The molecule has 0 unspecified atom stereocenters. The molecule has 4 aromatic rings. The van der Waals surface area contributed by atoms with Crippen molar-refractivity contribution in [2.24, 2.45) is 5.73 Å². The van der Waals surface area contributed by atoms with Gasteiger partial charge in [-0.1, -0.05) is 18.2 Å². The first-order chi connectivity index (χ1) is 18.5. The first-order valence-electron chi connectivity index (χ1n) is 11.9. The lowest BCUT2D eigenvalue weighted by Crippen LogP contribution is -2.52. The molecule has 0 amide bonds. The standard InChI is InChI=1S/C25H24N8O4S/c1-35-24(34)17-21(33-11-7-25(8-12-33)18(26)14-4-2-3-5-15(14)37-25)32-19(27)23(31-17)38-16-6-9-28-20(30-16)22-29-10-13-36-22/h2-6,9-10,13,18H,7-8,11-12,26H2,1H3,(H2,27,32)/t18-/m1/s1. The number of piperidine rings is 1. The van der Waals surface area contributed by atoms with Gasteiger partial charge in [-0.05, 0) is 23.9 Å². The van der Waals surface area contributed by atoms with E-state index in [9.17, 15) is 4.79 Å². The van der Waals surface area contributed by atoms with E-state index in [4.69, 9.17) is 25.4 Å². The smallest absolute Gasteiger partial charge is 0.360 e. The Morgan fingerprint density at radius 3 is 2.68 bits per heavy atom. The average Bonchev–Trinajstić information content (AvgIpc) is 3.57. The molecule has 38 heavy (non-hydrogen) atoms. The zero-order valence-electron chi connectivity index (χ0n) is 20.4. The van der Waals surface area contributed by atoms with E-state index in [2.05, 4.69) is 24.9 Å². The number of nitrogens with zero attached hydrogens (tertiary/aromatic N) is 6. The zero-order chi connectivity index (χ0) is 26.3. The number of aromatic nitrogens is 5. The highest BCUT2D eigenvalue weighted by Gasteiger charge is 2.48. The summed E-state index contributed by atoms with van der Waals surface area (Å²) in [6.45, 7) is 1.11. The van der Waals surface area contributed by atoms with Crippen molar-refractivity contribution in [3.05, 3.63) is 60.2 Å². The molecule has 5 heterocycles. The number of rotatable bonds is 5. The molecule has 194 valence electrons. The number of nitrogens with two attached hydrogens (primary N) is 2. The third-order valence-corrected chi connectivity index (χ3v) is 7.68. The van der Waals surface area contributed by atoms with E-state index in [1.165, 1.54) is 19.6 Å². The summed E-state index contributed by atoms with van der Waals surface area (Å²) >= 11 is 1.15. The van der Waals surface area contributed by atoms with E-state index in [0.29, 0.717) is 47.6 Å². The number of para-hydroxylation sites is 1. The van der Waals surface area contributed by atoms with Gasteiger partial charge >= 0.3 is 5.97 Å². The van der Waals surface area contributed by atoms with Gasteiger partial charge in [0.2, 0.25) is 5.82 Å². The normalized spacial score (nSPS) is 17.7. The Morgan fingerprint density at radius 2 is 1.95 bits per heavy atom. The van der Waals surface area contributed by atoms with Crippen LogP contribution in [-0.2, 0) is 4.74 Å². The molecular weight excluding hydrogens is 508 g/mol. The lowest BCUT2D eigenvalue weighted by atomic mass is 9.83. The van der Waals surface area contributed by atoms with E-state index in [-0.39, 0.29) is 23.4 Å². The molecule has 1 spiro atoms. The van der Waals surface area contributed by atoms with Gasteiger partial charge in [-0.3, -0.25) is 0 Å². The number of oxazole rings is 1. The number of carbonyl (C=O) groups is 1. The van der Waals surface area contributed by atoms with Gasteiger partial charge in [0, 0.05) is 37.7 Å². The zero-order valence-corrected chi connectivity index (χ0v) is 21.2. The maximum Gasteiger partial charge on any atom is 0.360 e. The first kappa shape index (κ1) is 24.1. The van der Waals surface area contributed by atoms with Gasteiger partial charge in [0.1, 0.15) is 27.7 Å². The molecule has 2 aliphatic rings. The third-order valence-electron chi connectivity index (χ3n) is 6.75. The highest BCUT2D eigenvalue weighted by atomic mass is 32.2. The fraction of sp³-hybridized carbons (Fsp3) is 0.280. The molecule has 1 atom stereocenters. The van der Waals surface area contributed by atoms with Crippen LogP contribution in [0.1, 0.15) is 34.9 Å². The summed E-state index contributed by atoms with van der Waals surface area (Å²) in [6.07, 6.45) is 5.82. The van der Waals surface area contributed by atoms with Crippen molar-refractivity contribution >= 4 is 29.4 Å². The summed E-state index contributed by atoms with van der Waals surface area (Å²) in [5, 5.41) is 0.848. The summed E-state index contributed by atoms with van der Waals surface area (Å²) < 4.78 is 16.6. The maximum absolute atomic E-state index is 12.8. The molecular formula is C25H24N8O4S. The minimum Gasteiger partial charge on any atom is -0.485 e. The minimum atomic E-state index is -0.612. The Balaban J connectivity index is 1.25. The largest absolute Gasteiger partial charge is 0.485 e. The number of hydrogen-bond donors (Lipinski definition) is 2. The number of benzene rings is 1. The summed E-state index contributed by atoms with van der Waals surface area (Å²) in [4.78, 5) is 36.6. The summed E-state index contributed by atoms with van der Waals surface area (Å²) in [6, 6.07) is 9.32. The molecule has 0 aliphatic carbocycles. The highest BCUT2D eigenvalue weighted by molar-refractivity contribution is 7.99. The van der Waals surface area contributed by atoms with Gasteiger partial charge in [0.25, 0.3) is 5.89 Å². The van der Waals surface area contributed by atoms with Crippen molar-refractivity contribution in [3.8, 4) is 17.5 Å². The second kappa shape index (κ2) is 9.58. The van der Waals surface area contributed by atoms with Crippen LogP contribution in [0.2, 0.25) is 0 Å². The molecule has 13 heteroatoms. The van der Waals surface area contributed by atoms with E-state index in [1.807, 2.05) is 29.2 Å². The van der Waals surface area contributed by atoms with Gasteiger partial charge in [-0.25, -0.2) is 29.7 Å². The molecule has 1 aromatic carbocycles. The molecule has 4 N–H and O–H groups in total. The minimum absolute atomic E-state index is 0.0713. The average molecular weight is 533 g/mol. The van der Waals surface area contributed by atoms with Crippen LogP contribution in [0.3, 0.4) is 0 Å². The Morgan fingerprint density at radius 1 is 1.13 bits per heavy atom. The van der Waals surface area contributed by atoms with Crippen molar-refractivity contribution in [2.45, 2.75) is 34.5 Å². The topological polar surface area (TPSA) is 168 Å². The Hall–Kier alpha value is -4.23. The predicted molar refractivity (Wildman–Crippen MR) is 138 cm³/mol. The van der Waals surface area contributed by atoms with Gasteiger partial charge in [-0.2, -0.15) is 0 Å². The fourth-order valence-corrected chi connectivity index (χ4v) is 5.54. The molecule has 3 aromatic heterocycles. The quantitative estimate of drug-likeness (QED) is 0.284. The fourth-order valence-electron chi connectivity index (χ4n) is 4.79. The van der Waals surface area contributed by atoms with Gasteiger partial charge in [-0.15, -0.1) is 0 Å². The van der Waals surface area contributed by atoms with E-state index in [1.54, 1.807) is 12.3 Å². The van der Waals surface area contributed by atoms with Gasteiger partial charge in [0.05, 0.1) is 19.3 Å². The van der Waals surface area contributed by atoms with Gasteiger partial charge in [0.15, 0.2) is 17.3 Å². The monoisotopic (exact) mass is 532 g/mol. The van der Waals surface area contributed by atoms with Crippen LogP contribution in [0.25, 0.3) is 11.7 Å². The van der Waals surface area contributed by atoms with Crippen LogP contribution in [0.5, 0.6) is 5.75 Å². The molecule has 0 bridgehead atoms. The van der Waals surface area contributed by atoms with Crippen LogP contribution >= 0.6 is 11.8 Å². The van der Waals surface area contributed by atoms with Crippen LogP contribution in [0.4, 0.5) is 11.6 Å². The highest BCUT2D eigenvalue weighted by Crippen LogP contribution is 2.47. The molecule has 12 nitrogen and oxygen atoms in total. The summed E-state index contributed by atoms with van der Waals surface area (Å²) in [7, 11) is 1.30. The summed E-state index contributed by atoms with van der Waals surface area (Å²) in [5.74, 6) is 1.34. The molecule has 1 saturated heterocycles. The molecule has 6 rings (SSSR count). The predicted octanol–water partition coefficient (Wildman–Crippen LogP) is 2.87. The van der Waals surface area contributed by atoms with Crippen LogP contribution in [0.15, 0.2) is 63.5 Å². The number of carbonyl (C=O) groups excluding carboxylic acids is 1. The number of methoxy groups -OCH3 is 1. The van der Waals surface area contributed by atoms with Crippen molar-refractivity contribution in [3.63, 3.8) is 0 Å². The Kier molecular flexibility index (Phi) is 6.08. The third kappa shape index (κ3) is 4.19. The van der Waals surface area contributed by atoms with Crippen LogP contribution in [0, 0.1) is 0 Å². The van der Waals surface area contributed by atoms with Crippen molar-refractivity contribution < 1.29 is 18.7 Å². The van der Waals surface area contributed by atoms with E-state index in [0.717, 1.165) is 23.1 Å². The number of anilines is 2. The number of esters is 1. The second-order valence-corrected chi connectivity index (χ2v) is 9.91. The first-order valence-corrected chi connectivity index (χ1v) is 12.7. The Labute approximate surface area is 221 Å². The van der Waals surface area contributed by atoms with Gasteiger partial charge < -0.3 is 30.3 Å². The molecule has 0 saturated carbocycles. The van der Waals surface area contributed by atoms with Crippen LogP contribution in [-0.4, -0.2) is 56.7 Å². The molecule has 2 aliphatic heterocycles. The number of nitrogen functional groups attached to an aromatic ring is 1. The molecule has 1 fully saturated rings. The van der Waals surface area contributed by atoms with Crippen molar-refractivity contribution in [1.29, 1.82) is 0 Å². The van der Waals surface area contributed by atoms with Crippen LogP contribution < -0.4 is 21.1 Å². The number of ether oxygens (including phenoxy) is 2. The number of hydrogen-bond acceptors (Lipinski definition) is 13.